The van der Waals surface area contributed by atoms with Crippen molar-refractivity contribution in [3.05, 3.63) is 59.8 Å². The van der Waals surface area contributed by atoms with Crippen molar-refractivity contribution in [2.45, 2.75) is 6.92 Å². The Kier molecular flexibility index (Phi) is 2.85. The predicted molar refractivity (Wildman–Crippen MR) is 78.3 cm³/mol. The smallest absolute Gasteiger partial charge is 0.151 e. The molecule has 1 N–H and O–H groups in total. The van der Waals surface area contributed by atoms with Crippen LogP contribution in [0, 0.1) is 18.3 Å². The highest BCUT2D eigenvalue weighted by Crippen LogP contribution is 2.26. The van der Waals surface area contributed by atoms with Crippen LogP contribution in [0.4, 0.5) is 0 Å². The second-order valence-corrected chi connectivity index (χ2v) is 4.76. The quantitative estimate of drug-likeness (QED) is 0.724. The lowest BCUT2D eigenvalue weighted by Gasteiger charge is -2.05. The van der Waals surface area contributed by atoms with Crippen LogP contribution in [0.1, 0.15) is 11.1 Å². The molecule has 0 amide bonds. The summed E-state index contributed by atoms with van der Waals surface area (Å²) in [5.41, 5.74) is 3.07. The topological polar surface area (TPSA) is 56.9 Å². The number of benzene rings is 2. The molecule has 0 spiro atoms. The van der Waals surface area contributed by atoms with Gasteiger partial charge in [0.25, 0.3) is 0 Å². The molecule has 2 aromatic carbocycles. The van der Waals surface area contributed by atoms with Crippen molar-refractivity contribution in [1.82, 2.24) is 4.98 Å². The van der Waals surface area contributed by atoms with Gasteiger partial charge in [0.15, 0.2) is 5.75 Å². The molecule has 0 saturated carbocycles. The first-order valence-corrected chi connectivity index (χ1v) is 6.27. The minimum Gasteiger partial charge on any atom is -0.505 e. The van der Waals surface area contributed by atoms with E-state index in [1.807, 2.05) is 24.3 Å². The highest BCUT2D eigenvalue weighted by Gasteiger charge is 2.06. The molecule has 96 valence electrons. The van der Waals surface area contributed by atoms with Gasteiger partial charge in [-0.15, -0.1) is 0 Å². The molecular weight excluding hydrogens is 248 g/mol. The van der Waals surface area contributed by atoms with Gasteiger partial charge in [-0.25, -0.2) is 0 Å². The van der Waals surface area contributed by atoms with Crippen molar-refractivity contribution >= 4 is 10.8 Å². The number of fused-ring (bicyclic) bond motifs is 1. The van der Waals surface area contributed by atoms with Gasteiger partial charge in [-0.1, -0.05) is 35.9 Å². The van der Waals surface area contributed by atoms with Crippen LogP contribution in [-0.2, 0) is 0 Å². The van der Waals surface area contributed by atoms with E-state index >= 15 is 0 Å². The van der Waals surface area contributed by atoms with Gasteiger partial charge in [0.1, 0.15) is 6.07 Å². The highest BCUT2D eigenvalue weighted by molar-refractivity contribution is 5.87. The molecule has 0 saturated heterocycles. The van der Waals surface area contributed by atoms with Gasteiger partial charge >= 0.3 is 0 Å². The fourth-order valence-corrected chi connectivity index (χ4v) is 2.22. The fourth-order valence-electron chi connectivity index (χ4n) is 2.22. The zero-order valence-electron chi connectivity index (χ0n) is 11.0. The number of nitrogens with zero attached hydrogens (tertiary/aromatic N) is 2. The molecular formula is C17H12N2O. The molecule has 20 heavy (non-hydrogen) atoms. The van der Waals surface area contributed by atoms with Crippen LogP contribution in [0.5, 0.6) is 5.75 Å². The lowest BCUT2D eigenvalue weighted by atomic mass is 10.0. The summed E-state index contributed by atoms with van der Waals surface area (Å²) >= 11 is 0. The fraction of sp³-hybridized carbons (Fsp3) is 0.0588. The Balaban J connectivity index is 2.15. The molecule has 3 aromatic rings. The molecule has 0 unspecified atom stereocenters. The summed E-state index contributed by atoms with van der Waals surface area (Å²) in [6.45, 7) is 2.06. The third-order valence-electron chi connectivity index (χ3n) is 3.29. The van der Waals surface area contributed by atoms with Crippen molar-refractivity contribution in [2.24, 2.45) is 0 Å². The molecule has 1 heterocycles. The van der Waals surface area contributed by atoms with Crippen molar-refractivity contribution < 1.29 is 5.11 Å². The molecule has 0 radical (unpaired) electrons. The van der Waals surface area contributed by atoms with Gasteiger partial charge in [0.2, 0.25) is 0 Å². The first-order chi connectivity index (χ1) is 9.67. The van der Waals surface area contributed by atoms with Crippen molar-refractivity contribution in [3.8, 4) is 23.1 Å². The van der Waals surface area contributed by atoms with E-state index in [-0.39, 0.29) is 11.3 Å². The Bertz CT molecular complexity index is 847. The van der Waals surface area contributed by atoms with Gasteiger partial charge in [0.05, 0.1) is 17.5 Å². The first kappa shape index (κ1) is 12.2. The molecule has 0 bridgehead atoms. The molecule has 3 nitrogen and oxygen atoms in total. The number of pyridine rings is 1. The van der Waals surface area contributed by atoms with Crippen molar-refractivity contribution in [1.29, 1.82) is 5.26 Å². The maximum absolute atomic E-state index is 9.50. The van der Waals surface area contributed by atoms with Crippen molar-refractivity contribution in [2.75, 3.05) is 0 Å². The van der Waals surface area contributed by atoms with Crippen LogP contribution in [0.2, 0.25) is 0 Å². The first-order valence-electron chi connectivity index (χ1n) is 6.27. The minimum absolute atomic E-state index is 0.0901. The second kappa shape index (κ2) is 4.67. The summed E-state index contributed by atoms with van der Waals surface area (Å²) in [5, 5.41) is 20.8. The molecule has 0 atom stereocenters. The van der Waals surface area contributed by atoms with Crippen LogP contribution in [0.25, 0.3) is 22.0 Å². The number of rotatable bonds is 1. The van der Waals surface area contributed by atoms with Gasteiger partial charge in [-0.05, 0) is 29.8 Å². The number of aromatic hydroxyl groups is 1. The van der Waals surface area contributed by atoms with E-state index in [0.29, 0.717) is 5.69 Å². The maximum atomic E-state index is 9.50. The summed E-state index contributed by atoms with van der Waals surface area (Å²) in [7, 11) is 0. The molecule has 1 aromatic heterocycles. The number of aromatic nitrogens is 1. The zero-order chi connectivity index (χ0) is 14.1. The summed E-state index contributed by atoms with van der Waals surface area (Å²) in [6.07, 6.45) is 1.31. The molecule has 3 heteroatoms. The summed E-state index contributed by atoms with van der Waals surface area (Å²) < 4.78 is 0. The summed E-state index contributed by atoms with van der Waals surface area (Å²) in [4.78, 5) is 4.18. The minimum atomic E-state index is -0.0901. The number of aryl methyl sites for hydroxylation is 1. The van der Waals surface area contributed by atoms with Gasteiger partial charge in [-0.3, -0.25) is 4.98 Å². The average Bonchev–Trinajstić information content (AvgIpc) is 2.47. The largest absolute Gasteiger partial charge is 0.505 e. The van der Waals surface area contributed by atoms with E-state index in [9.17, 15) is 5.11 Å². The van der Waals surface area contributed by atoms with E-state index in [1.165, 1.54) is 17.1 Å². The van der Waals surface area contributed by atoms with E-state index in [4.69, 9.17) is 5.26 Å². The third-order valence-corrected chi connectivity index (χ3v) is 3.29. The number of nitriles is 1. The van der Waals surface area contributed by atoms with Crippen LogP contribution in [-0.4, -0.2) is 10.1 Å². The molecule has 0 fully saturated rings. The van der Waals surface area contributed by atoms with Crippen LogP contribution >= 0.6 is 0 Å². The van der Waals surface area contributed by atoms with Gasteiger partial charge < -0.3 is 5.11 Å². The van der Waals surface area contributed by atoms with E-state index in [0.717, 1.165) is 10.9 Å². The van der Waals surface area contributed by atoms with E-state index in [1.54, 1.807) is 6.07 Å². The monoisotopic (exact) mass is 260 g/mol. The highest BCUT2D eigenvalue weighted by atomic mass is 16.3. The second-order valence-electron chi connectivity index (χ2n) is 4.76. The SMILES string of the molecule is Cc1ccc2cc(-c3cc(C#N)c(O)cn3)ccc2c1. The van der Waals surface area contributed by atoms with Crippen LogP contribution in [0.3, 0.4) is 0 Å². The van der Waals surface area contributed by atoms with Gasteiger partial charge in [0, 0.05) is 5.56 Å². The normalized spacial score (nSPS) is 10.4. The number of hydrogen-bond donors (Lipinski definition) is 1. The van der Waals surface area contributed by atoms with Crippen LogP contribution in [0.15, 0.2) is 48.7 Å². The maximum Gasteiger partial charge on any atom is 0.151 e. The Morgan fingerprint density at radius 2 is 1.80 bits per heavy atom. The Morgan fingerprint density at radius 3 is 2.60 bits per heavy atom. The Morgan fingerprint density at radius 1 is 1.05 bits per heavy atom. The average molecular weight is 260 g/mol. The predicted octanol–water partition coefficient (Wildman–Crippen LogP) is 3.79. The summed E-state index contributed by atoms with van der Waals surface area (Å²) in [5.74, 6) is -0.0901. The standard InChI is InChI=1S/C17H12N2O/c1-11-2-3-13-7-14(5-4-12(13)6-11)16-8-15(9-18)17(20)10-19-16/h2-8,10,20H,1H3. The molecule has 0 aliphatic heterocycles. The Labute approximate surface area is 116 Å². The Hall–Kier alpha value is -2.86. The lowest BCUT2D eigenvalue weighted by Crippen LogP contribution is -1.87. The summed E-state index contributed by atoms with van der Waals surface area (Å²) in [6, 6.07) is 15.9. The molecule has 0 aliphatic rings. The van der Waals surface area contributed by atoms with Crippen LogP contribution < -0.4 is 0 Å². The number of hydrogen-bond acceptors (Lipinski definition) is 3. The van der Waals surface area contributed by atoms with E-state index < -0.39 is 0 Å². The van der Waals surface area contributed by atoms with E-state index in [2.05, 4.69) is 30.1 Å². The molecule has 0 aliphatic carbocycles. The van der Waals surface area contributed by atoms with Crippen molar-refractivity contribution in [3.63, 3.8) is 0 Å². The zero-order valence-corrected chi connectivity index (χ0v) is 11.0. The van der Waals surface area contributed by atoms with Gasteiger partial charge in [-0.2, -0.15) is 5.26 Å². The molecule has 3 rings (SSSR count). The third kappa shape index (κ3) is 2.08. The lowest BCUT2D eigenvalue weighted by molar-refractivity contribution is 0.471.